The lowest BCUT2D eigenvalue weighted by Gasteiger charge is -2.32. The zero-order valence-corrected chi connectivity index (χ0v) is 14.6. The molecule has 0 bridgehead atoms. The number of nitrogens with zero attached hydrogens (tertiary/aromatic N) is 3. The predicted octanol–water partition coefficient (Wildman–Crippen LogP) is 1.17. The van der Waals surface area contributed by atoms with Crippen LogP contribution in [0.25, 0.3) is 0 Å². The number of aryl methyl sites for hydroxylation is 2. The van der Waals surface area contributed by atoms with Gasteiger partial charge in [-0.1, -0.05) is 0 Å². The topological polar surface area (TPSA) is 78.2 Å². The first-order chi connectivity index (χ1) is 12.0. The molecule has 0 spiro atoms. The summed E-state index contributed by atoms with van der Waals surface area (Å²) in [5, 5.41) is 7.15. The van der Waals surface area contributed by atoms with Crippen LogP contribution in [0.15, 0.2) is 35.4 Å². The molecule has 0 saturated carbocycles. The Labute approximate surface area is 146 Å². The van der Waals surface area contributed by atoms with Gasteiger partial charge in [-0.2, -0.15) is 5.10 Å². The van der Waals surface area contributed by atoms with Crippen molar-refractivity contribution in [3.8, 4) is 0 Å². The van der Waals surface area contributed by atoms with Crippen molar-refractivity contribution in [1.82, 2.24) is 19.7 Å². The smallest absolute Gasteiger partial charge is 0.251 e. The van der Waals surface area contributed by atoms with Crippen molar-refractivity contribution in [2.24, 2.45) is 13.0 Å². The van der Waals surface area contributed by atoms with Gasteiger partial charge >= 0.3 is 0 Å². The van der Waals surface area contributed by atoms with Gasteiger partial charge in [-0.3, -0.25) is 14.3 Å². The summed E-state index contributed by atoms with van der Waals surface area (Å²) < 4.78 is 9.16. The number of aromatic nitrogens is 3. The molecule has 1 aliphatic rings. The largest absolute Gasteiger partial charge is 0.372 e. The molecule has 7 nitrogen and oxygen atoms in total. The van der Waals surface area contributed by atoms with Gasteiger partial charge < -0.3 is 14.6 Å². The van der Waals surface area contributed by atoms with E-state index in [9.17, 15) is 9.59 Å². The highest BCUT2D eigenvalue weighted by molar-refractivity contribution is 5.75. The Hall–Kier alpha value is -2.41. The first-order valence-electron chi connectivity index (χ1n) is 8.58. The fraction of sp³-hybridized carbons (Fsp3) is 0.500. The average Bonchev–Trinajstić information content (AvgIpc) is 3.02. The molecule has 1 saturated heterocycles. The van der Waals surface area contributed by atoms with Crippen molar-refractivity contribution >= 4 is 5.91 Å². The third-order valence-electron chi connectivity index (χ3n) is 4.62. The molecule has 3 heterocycles. The minimum absolute atomic E-state index is 0.0308. The molecular formula is C18H24N4O3. The quantitative estimate of drug-likeness (QED) is 0.883. The second kappa shape index (κ2) is 7.65. The molecule has 1 fully saturated rings. The van der Waals surface area contributed by atoms with E-state index < -0.39 is 0 Å². The molecule has 1 amide bonds. The first-order valence-corrected chi connectivity index (χ1v) is 8.58. The highest BCUT2D eigenvalue weighted by Gasteiger charge is 2.29. The number of hydrogen-bond acceptors (Lipinski definition) is 4. The Morgan fingerprint density at radius 3 is 3.00 bits per heavy atom. The van der Waals surface area contributed by atoms with Crippen molar-refractivity contribution in [3.05, 3.63) is 52.2 Å². The maximum atomic E-state index is 12.2. The predicted molar refractivity (Wildman–Crippen MR) is 93.1 cm³/mol. The van der Waals surface area contributed by atoms with Crippen LogP contribution in [-0.2, 0) is 23.1 Å². The average molecular weight is 344 g/mol. The Kier molecular flexibility index (Phi) is 5.33. The summed E-state index contributed by atoms with van der Waals surface area (Å²) in [4.78, 5) is 24.1. The second-order valence-corrected chi connectivity index (χ2v) is 6.55. The van der Waals surface area contributed by atoms with Crippen LogP contribution < -0.4 is 10.9 Å². The zero-order chi connectivity index (χ0) is 17.8. The number of pyridine rings is 1. The second-order valence-electron chi connectivity index (χ2n) is 6.55. The van der Waals surface area contributed by atoms with E-state index in [0.717, 1.165) is 30.7 Å². The van der Waals surface area contributed by atoms with Gasteiger partial charge in [0.2, 0.25) is 5.91 Å². The summed E-state index contributed by atoms with van der Waals surface area (Å²) >= 11 is 0. The Morgan fingerprint density at radius 1 is 1.44 bits per heavy atom. The van der Waals surface area contributed by atoms with Gasteiger partial charge in [0, 0.05) is 44.6 Å². The SMILES string of the molecule is Cc1ccn(CC(=O)NC[C@@H]2CCCO[C@H]2c2ccnn2C)c(=O)c1. The first kappa shape index (κ1) is 17.4. The number of nitrogens with one attached hydrogen (secondary N) is 1. The Morgan fingerprint density at radius 2 is 2.28 bits per heavy atom. The molecule has 25 heavy (non-hydrogen) atoms. The number of ether oxygens (including phenoxy) is 1. The van der Waals surface area contributed by atoms with Crippen LogP contribution in [0.3, 0.4) is 0 Å². The van der Waals surface area contributed by atoms with Gasteiger partial charge in [-0.25, -0.2) is 0 Å². The van der Waals surface area contributed by atoms with Crippen LogP contribution in [0.1, 0.15) is 30.2 Å². The molecule has 3 rings (SSSR count). The van der Waals surface area contributed by atoms with Gasteiger partial charge in [-0.15, -0.1) is 0 Å². The summed E-state index contributed by atoms with van der Waals surface area (Å²) in [6.07, 6.45) is 5.31. The molecule has 0 aliphatic carbocycles. The van der Waals surface area contributed by atoms with Gasteiger partial charge in [-0.05, 0) is 37.5 Å². The van der Waals surface area contributed by atoms with Crippen molar-refractivity contribution < 1.29 is 9.53 Å². The standard InChI is InChI=1S/C18H24N4O3/c1-13-6-8-22(17(24)10-13)12-16(23)19-11-14-4-3-9-25-18(14)15-5-7-20-21(15)2/h5-8,10,14,18H,3-4,9,11-12H2,1-2H3,(H,19,23)/t14-,18+/m0/s1. The summed E-state index contributed by atoms with van der Waals surface area (Å²) in [6.45, 7) is 3.13. The molecule has 7 heteroatoms. The molecule has 2 aromatic rings. The zero-order valence-electron chi connectivity index (χ0n) is 14.6. The summed E-state index contributed by atoms with van der Waals surface area (Å²) in [6, 6.07) is 5.31. The molecule has 1 aliphatic heterocycles. The van der Waals surface area contributed by atoms with Gasteiger partial charge in [0.05, 0.1) is 5.69 Å². The third kappa shape index (κ3) is 4.17. The summed E-state index contributed by atoms with van der Waals surface area (Å²) in [7, 11) is 1.90. The molecular weight excluding hydrogens is 320 g/mol. The monoisotopic (exact) mass is 344 g/mol. The normalized spacial score (nSPS) is 20.4. The van der Waals surface area contributed by atoms with Gasteiger partial charge in [0.25, 0.3) is 5.56 Å². The van der Waals surface area contributed by atoms with E-state index in [1.165, 1.54) is 10.6 Å². The maximum absolute atomic E-state index is 12.2. The van der Waals surface area contributed by atoms with Crippen molar-refractivity contribution in [3.63, 3.8) is 0 Å². The Bertz CT molecular complexity index is 796. The van der Waals surface area contributed by atoms with Crippen LogP contribution in [0.2, 0.25) is 0 Å². The lowest BCUT2D eigenvalue weighted by atomic mass is 9.92. The van der Waals surface area contributed by atoms with E-state index in [1.54, 1.807) is 12.4 Å². The van der Waals surface area contributed by atoms with E-state index in [2.05, 4.69) is 10.4 Å². The number of amides is 1. The number of carbonyl (C=O) groups is 1. The van der Waals surface area contributed by atoms with Gasteiger partial charge in [0.15, 0.2) is 0 Å². The number of carbonyl (C=O) groups excluding carboxylic acids is 1. The maximum Gasteiger partial charge on any atom is 0.251 e. The summed E-state index contributed by atoms with van der Waals surface area (Å²) in [5.41, 5.74) is 1.75. The van der Waals surface area contributed by atoms with Crippen molar-refractivity contribution in [1.29, 1.82) is 0 Å². The van der Waals surface area contributed by atoms with Crippen LogP contribution in [0.4, 0.5) is 0 Å². The van der Waals surface area contributed by atoms with E-state index in [1.807, 2.05) is 30.8 Å². The van der Waals surface area contributed by atoms with E-state index in [-0.39, 0.29) is 30.0 Å². The minimum Gasteiger partial charge on any atom is -0.372 e. The van der Waals surface area contributed by atoms with Crippen LogP contribution in [0, 0.1) is 12.8 Å². The Balaban J connectivity index is 1.60. The summed E-state index contributed by atoms with van der Waals surface area (Å²) in [5.74, 6) is 0.0307. The van der Waals surface area contributed by atoms with Gasteiger partial charge in [0.1, 0.15) is 12.6 Å². The van der Waals surface area contributed by atoms with Crippen molar-refractivity contribution in [2.75, 3.05) is 13.2 Å². The number of rotatable bonds is 5. The van der Waals surface area contributed by atoms with E-state index >= 15 is 0 Å². The molecule has 0 aromatic carbocycles. The highest BCUT2D eigenvalue weighted by Crippen LogP contribution is 2.32. The number of hydrogen-bond donors (Lipinski definition) is 1. The molecule has 1 N–H and O–H groups in total. The van der Waals surface area contributed by atoms with E-state index in [0.29, 0.717) is 6.54 Å². The minimum atomic E-state index is -0.166. The van der Waals surface area contributed by atoms with Crippen LogP contribution in [0.5, 0.6) is 0 Å². The molecule has 134 valence electrons. The van der Waals surface area contributed by atoms with Crippen LogP contribution >= 0.6 is 0 Å². The van der Waals surface area contributed by atoms with Crippen LogP contribution in [-0.4, -0.2) is 33.4 Å². The lowest BCUT2D eigenvalue weighted by Crippen LogP contribution is -2.38. The molecule has 2 aromatic heterocycles. The molecule has 0 unspecified atom stereocenters. The van der Waals surface area contributed by atoms with Crippen molar-refractivity contribution in [2.45, 2.75) is 32.4 Å². The van der Waals surface area contributed by atoms with E-state index in [4.69, 9.17) is 4.74 Å². The third-order valence-corrected chi connectivity index (χ3v) is 4.62. The lowest BCUT2D eigenvalue weighted by molar-refractivity contribution is -0.122. The fourth-order valence-corrected chi connectivity index (χ4v) is 3.24. The fourth-order valence-electron chi connectivity index (χ4n) is 3.24. The highest BCUT2D eigenvalue weighted by atomic mass is 16.5. The molecule has 0 radical (unpaired) electrons. The molecule has 2 atom stereocenters.